The minimum absolute atomic E-state index is 0.591. The molecule has 0 aliphatic carbocycles. The van der Waals surface area contributed by atoms with E-state index < -0.39 is 0 Å². The lowest BCUT2D eigenvalue weighted by Crippen LogP contribution is -1.86. The molecule has 0 atom stereocenters. The molecule has 2 nitrogen and oxygen atoms in total. The highest BCUT2D eigenvalue weighted by Crippen LogP contribution is 2.22. The summed E-state index contributed by atoms with van der Waals surface area (Å²) in [6.45, 7) is 0. The number of rotatable bonds is 4. The molecule has 0 heterocycles. The Kier molecular flexibility index (Phi) is 5.41. The number of benzene rings is 3. The maximum Gasteiger partial charge on any atom is 0.0998 e. The molecule has 0 fully saturated rings. The first-order chi connectivity index (χ1) is 12.8. The van der Waals surface area contributed by atoms with Crippen LogP contribution in [0.5, 0.6) is 0 Å². The van der Waals surface area contributed by atoms with Gasteiger partial charge in [-0.25, -0.2) is 0 Å². The number of allylic oxidation sites excluding steroid dienone is 2. The van der Waals surface area contributed by atoms with Crippen molar-refractivity contribution in [2.75, 3.05) is 0 Å². The summed E-state index contributed by atoms with van der Waals surface area (Å²) < 4.78 is 0. The van der Waals surface area contributed by atoms with Crippen molar-refractivity contribution >= 4 is 23.3 Å². The second kappa shape index (κ2) is 8.29. The molecule has 3 aromatic carbocycles. The molecule has 122 valence electrons. The van der Waals surface area contributed by atoms with Gasteiger partial charge in [0.05, 0.1) is 23.3 Å². The zero-order valence-electron chi connectivity index (χ0n) is 14.1. The zero-order chi connectivity index (χ0) is 18.2. The molecule has 0 aliphatic rings. The lowest BCUT2D eigenvalue weighted by Gasteiger charge is -2.04. The SMILES string of the molecule is N#CC(=Cc1ccccc1)c1ccc(C(C#N)=Cc2ccccc2)cc1. The van der Waals surface area contributed by atoms with Gasteiger partial charge in [-0.05, 0) is 34.4 Å². The van der Waals surface area contributed by atoms with Gasteiger partial charge in [-0.1, -0.05) is 84.9 Å². The molecule has 0 bridgehead atoms. The van der Waals surface area contributed by atoms with Crippen molar-refractivity contribution in [1.29, 1.82) is 10.5 Å². The van der Waals surface area contributed by atoms with E-state index >= 15 is 0 Å². The van der Waals surface area contributed by atoms with Crippen molar-refractivity contribution in [2.45, 2.75) is 0 Å². The van der Waals surface area contributed by atoms with Crippen molar-refractivity contribution in [3.63, 3.8) is 0 Å². The van der Waals surface area contributed by atoms with Crippen LogP contribution >= 0.6 is 0 Å². The summed E-state index contributed by atoms with van der Waals surface area (Å²) in [6.07, 6.45) is 3.72. The lowest BCUT2D eigenvalue weighted by atomic mass is 9.99. The topological polar surface area (TPSA) is 47.6 Å². The number of nitriles is 2. The third-order valence-corrected chi connectivity index (χ3v) is 3.97. The van der Waals surface area contributed by atoms with E-state index in [9.17, 15) is 10.5 Å². The van der Waals surface area contributed by atoms with E-state index in [0.717, 1.165) is 22.3 Å². The Morgan fingerprint density at radius 1 is 0.538 bits per heavy atom. The second-order valence-corrected chi connectivity index (χ2v) is 5.74. The summed E-state index contributed by atoms with van der Waals surface area (Å²) in [5, 5.41) is 19.0. The monoisotopic (exact) mass is 332 g/mol. The fourth-order valence-electron chi connectivity index (χ4n) is 2.62. The van der Waals surface area contributed by atoms with E-state index in [-0.39, 0.29) is 0 Å². The van der Waals surface area contributed by atoms with Gasteiger partial charge in [-0.15, -0.1) is 0 Å². The van der Waals surface area contributed by atoms with Gasteiger partial charge in [0.2, 0.25) is 0 Å². The Bertz CT molecular complexity index is 927. The molecule has 0 spiro atoms. The Morgan fingerprint density at radius 2 is 0.885 bits per heavy atom. The highest BCUT2D eigenvalue weighted by molar-refractivity contribution is 5.92. The molecule has 0 amide bonds. The van der Waals surface area contributed by atoms with Crippen molar-refractivity contribution in [3.8, 4) is 12.1 Å². The molecule has 0 saturated carbocycles. The van der Waals surface area contributed by atoms with Gasteiger partial charge >= 0.3 is 0 Å². The van der Waals surface area contributed by atoms with Gasteiger partial charge in [0.1, 0.15) is 0 Å². The number of hydrogen-bond donors (Lipinski definition) is 0. The van der Waals surface area contributed by atoms with E-state index in [4.69, 9.17) is 0 Å². The molecule has 0 N–H and O–H groups in total. The minimum Gasteiger partial charge on any atom is -0.192 e. The maximum absolute atomic E-state index is 9.48. The molecular weight excluding hydrogens is 316 g/mol. The van der Waals surface area contributed by atoms with Crippen LogP contribution in [0.2, 0.25) is 0 Å². The largest absolute Gasteiger partial charge is 0.192 e. The quantitative estimate of drug-likeness (QED) is 0.447. The average molecular weight is 332 g/mol. The van der Waals surface area contributed by atoms with Crippen LogP contribution in [0.3, 0.4) is 0 Å². The predicted octanol–water partition coefficient (Wildman–Crippen LogP) is 5.81. The Morgan fingerprint density at radius 3 is 1.19 bits per heavy atom. The van der Waals surface area contributed by atoms with Crippen molar-refractivity contribution in [2.24, 2.45) is 0 Å². The first-order valence-electron chi connectivity index (χ1n) is 8.24. The summed E-state index contributed by atoms with van der Waals surface area (Å²) in [5.41, 5.74) is 4.81. The summed E-state index contributed by atoms with van der Waals surface area (Å²) >= 11 is 0. The van der Waals surface area contributed by atoms with Crippen molar-refractivity contribution in [3.05, 3.63) is 107 Å². The smallest absolute Gasteiger partial charge is 0.0998 e. The van der Waals surface area contributed by atoms with Gasteiger partial charge in [-0.2, -0.15) is 10.5 Å². The Hall–Kier alpha value is -3.88. The third-order valence-electron chi connectivity index (χ3n) is 3.97. The molecule has 0 saturated heterocycles. The molecule has 3 rings (SSSR count). The molecule has 0 radical (unpaired) electrons. The van der Waals surface area contributed by atoms with Gasteiger partial charge in [-0.3, -0.25) is 0 Å². The minimum atomic E-state index is 0.591. The molecule has 0 aromatic heterocycles. The standard InChI is InChI=1S/C24H16N2/c25-17-23(15-19-7-3-1-4-8-19)21-11-13-22(14-12-21)24(18-26)16-20-9-5-2-6-10-20/h1-16H. The lowest BCUT2D eigenvalue weighted by molar-refractivity contribution is 1.50. The van der Waals surface area contributed by atoms with Gasteiger partial charge in [0, 0.05) is 0 Å². The highest BCUT2D eigenvalue weighted by Gasteiger charge is 2.05. The summed E-state index contributed by atoms with van der Waals surface area (Å²) in [7, 11) is 0. The third kappa shape index (κ3) is 4.15. The zero-order valence-corrected chi connectivity index (χ0v) is 14.1. The van der Waals surface area contributed by atoms with Crippen LogP contribution < -0.4 is 0 Å². The van der Waals surface area contributed by atoms with E-state index in [1.54, 1.807) is 0 Å². The maximum atomic E-state index is 9.48. The van der Waals surface area contributed by atoms with E-state index in [2.05, 4.69) is 12.1 Å². The van der Waals surface area contributed by atoms with Crippen LogP contribution in [-0.2, 0) is 0 Å². The van der Waals surface area contributed by atoms with Crippen LogP contribution in [-0.4, -0.2) is 0 Å². The first kappa shape index (κ1) is 17.0. The van der Waals surface area contributed by atoms with Crippen molar-refractivity contribution in [1.82, 2.24) is 0 Å². The van der Waals surface area contributed by atoms with Crippen molar-refractivity contribution < 1.29 is 0 Å². The van der Waals surface area contributed by atoms with Crippen LogP contribution in [0.1, 0.15) is 22.3 Å². The average Bonchev–Trinajstić information content (AvgIpc) is 2.72. The van der Waals surface area contributed by atoms with Crippen LogP contribution in [0.15, 0.2) is 84.9 Å². The first-order valence-corrected chi connectivity index (χ1v) is 8.24. The van der Waals surface area contributed by atoms with Gasteiger partial charge in [0.15, 0.2) is 0 Å². The molecule has 0 unspecified atom stereocenters. The Labute approximate surface area is 153 Å². The summed E-state index contributed by atoms with van der Waals surface area (Å²) in [5.74, 6) is 0. The fraction of sp³-hybridized carbons (Fsp3) is 0. The Balaban J connectivity index is 1.90. The van der Waals surface area contributed by atoms with E-state index in [1.165, 1.54) is 0 Å². The molecule has 3 aromatic rings. The van der Waals surface area contributed by atoms with Gasteiger partial charge < -0.3 is 0 Å². The normalized spacial score (nSPS) is 11.5. The number of hydrogen-bond acceptors (Lipinski definition) is 2. The molecular formula is C24H16N2. The van der Waals surface area contributed by atoms with Crippen LogP contribution in [0, 0.1) is 22.7 Å². The molecule has 0 aliphatic heterocycles. The molecule has 26 heavy (non-hydrogen) atoms. The van der Waals surface area contributed by atoms with Crippen LogP contribution in [0.4, 0.5) is 0 Å². The van der Waals surface area contributed by atoms with Crippen LogP contribution in [0.25, 0.3) is 23.3 Å². The highest BCUT2D eigenvalue weighted by atomic mass is 14.3. The fourth-order valence-corrected chi connectivity index (χ4v) is 2.62. The predicted molar refractivity (Wildman–Crippen MR) is 106 cm³/mol. The summed E-state index contributed by atoms with van der Waals surface area (Å²) in [4.78, 5) is 0. The summed E-state index contributed by atoms with van der Waals surface area (Å²) in [6, 6.07) is 31.5. The van der Waals surface area contributed by atoms with E-state index in [0.29, 0.717) is 11.1 Å². The van der Waals surface area contributed by atoms with Gasteiger partial charge in [0.25, 0.3) is 0 Å². The van der Waals surface area contributed by atoms with E-state index in [1.807, 2.05) is 97.1 Å². The molecule has 2 heteroatoms. The second-order valence-electron chi connectivity index (χ2n) is 5.74. The number of nitrogens with zero attached hydrogens (tertiary/aromatic N) is 2.